The molecule has 0 bridgehead atoms. The predicted molar refractivity (Wildman–Crippen MR) is 54.8 cm³/mol. The molecule has 80 valence electrons. The standard InChI is InChI=1S/C11H19NO2/c13-12-11-6-2-1-4-9(11)8-10-5-3-7-14-10/h9-10,13H,1-8H2. The third-order valence-corrected chi connectivity index (χ3v) is 3.41. The molecule has 2 rings (SSSR count). The van der Waals surface area contributed by atoms with Crippen molar-refractivity contribution in [2.45, 2.75) is 51.0 Å². The van der Waals surface area contributed by atoms with Crippen LogP contribution in [0.25, 0.3) is 0 Å². The summed E-state index contributed by atoms with van der Waals surface area (Å²) in [6, 6.07) is 0. The normalized spacial score (nSPS) is 36.4. The summed E-state index contributed by atoms with van der Waals surface area (Å²) in [6.45, 7) is 0.920. The highest BCUT2D eigenvalue weighted by Crippen LogP contribution is 2.29. The molecule has 0 aromatic carbocycles. The van der Waals surface area contributed by atoms with Gasteiger partial charge in [-0.1, -0.05) is 11.6 Å². The van der Waals surface area contributed by atoms with Crippen LogP contribution < -0.4 is 0 Å². The van der Waals surface area contributed by atoms with Gasteiger partial charge in [-0.05, 0) is 38.5 Å². The van der Waals surface area contributed by atoms with E-state index >= 15 is 0 Å². The van der Waals surface area contributed by atoms with Gasteiger partial charge in [-0.15, -0.1) is 0 Å². The molecule has 0 amide bonds. The van der Waals surface area contributed by atoms with Gasteiger partial charge in [0.15, 0.2) is 0 Å². The Kier molecular flexibility index (Phi) is 3.40. The van der Waals surface area contributed by atoms with Crippen LogP contribution in [0.15, 0.2) is 5.16 Å². The lowest BCUT2D eigenvalue weighted by Crippen LogP contribution is -2.24. The molecule has 0 aromatic heterocycles. The van der Waals surface area contributed by atoms with Gasteiger partial charge in [-0.25, -0.2) is 0 Å². The van der Waals surface area contributed by atoms with Gasteiger partial charge in [0.1, 0.15) is 0 Å². The topological polar surface area (TPSA) is 41.8 Å². The van der Waals surface area contributed by atoms with Crippen molar-refractivity contribution in [2.24, 2.45) is 11.1 Å². The summed E-state index contributed by atoms with van der Waals surface area (Å²) in [4.78, 5) is 0. The monoisotopic (exact) mass is 197 g/mol. The molecule has 0 spiro atoms. The molecule has 0 aromatic rings. The van der Waals surface area contributed by atoms with Crippen molar-refractivity contribution < 1.29 is 9.94 Å². The summed E-state index contributed by atoms with van der Waals surface area (Å²) in [5.74, 6) is 0.483. The van der Waals surface area contributed by atoms with Crippen molar-refractivity contribution >= 4 is 5.71 Å². The molecule has 1 aliphatic heterocycles. The van der Waals surface area contributed by atoms with Crippen LogP contribution >= 0.6 is 0 Å². The van der Waals surface area contributed by atoms with E-state index in [1.807, 2.05) is 0 Å². The summed E-state index contributed by atoms with van der Waals surface area (Å²) < 4.78 is 5.61. The number of oxime groups is 1. The van der Waals surface area contributed by atoms with Crippen molar-refractivity contribution in [3.05, 3.63) is 0 Å². The Hall–Kier alpha value is -0.570. The van der Waals surface area contributed by atoms with Crippen LogP contribution in [0.3, 0.4) is 0 Å². The largest absolute Gasteiger partial charge is 0.411 e. The van der Waals surface area contributed by atoms with Crippen LogP contribution in [0.5, 0.6) is 0 Å². The van der Waals surface area contributed by atoms with Crippen LogP contribution in [0.4, 0.5) is 0 Å². The van der Waals surface area contributed by atoms with Crippen LogP contribution in [0, 0.1) is 5.92 Å². The average molecular weight is 197 g/mol. The Balaban J connectivity index is 1.87. The molecule has 2 fully saturated rings. The molecule has 1 heterocycles. The van der Waals surface area contributed by atoms with E-state index in [2.05, 4.69) is 5.16 Å². The molecule has 0 radical (unpaired) electrons. The number of hydrogen-bond donors (Lipinski definition) is 1. The van der Waals surface area contributed by atoms with Gasteiger partial charge in [0, 0.05) is 12.5 Å². The molecule has 1 saturated heterocycles. The number of nitrogens with zero attached hydrogens (tertiary/aromatic N) is 1. The fourth-order valence-corrected chi connectivity index (χ4v) is 2.60. The number of ether oxygens (including phenoxy) is 1. The third kappa shape index (κ3) is 2.27. The van der Waals surface area contributed by atoms with Crippen LogP contribution in [0.1, 0.15) is 44.9 Å². The summed E-state index contributed by atoms with van der Waals surface area (Å²) in [6.07, 6.45) is 8.50. The van der Waals surface area contributed by atoms with E-state index in [-0.39, 0.29) is 0 Å². The molecule has 2 aliphatic rings. The molecule has 2 atom stereocenters. The molecular formula is C11H19NO2. The molecule has 14 heavy (non-hydrogen) atoms. The zero-order valence-corrected chi connectivity index (χ0v) is 8.61. The quantitative estimate of drug-likeness (QED) is 0.546. The Morgan fingerprint density at radius 2 is 2.21 bits per heavy atom. The Morgan fingerprint density at radius 3 is 2.93 bits per heavy atom. The first-order chi connectivity index (χ1) is 6.90. The van der Waals surface area contributed by atoms with Gasteiger partial charge in [0.25, 0.3) is 0 Å². The molecule has 1 aliphatic carbocycles. The fraction of sp³-hybridized carbons (Fsp3) is 0.909. The summed E-state index contributed by atoms with van der Waals surface area (Å²) in [5.41, 5.74) is 1.01. The zero-order valence-electron chi connectivity index (χ0n) is 8.61. The molecular weight excluding hydrogens is 178 g/mol. The van der Waals surface area contributed by atoms with Crippen molar-refractivity contribution in [3.8, 4) is 0 Å². The van der Waals surface area contributed by atoms with Crippen LogP contribution in [-0.2, 0) is 4.74 Å². The minimum Gasteiger partial charge on any atom is -0.411 e. The summed E-state index contributed by atoms with van der Waals surface area (Å²) >= 11 is 0. The summed E-state index contributed by atoms with van der Waals surface area (Å²) in [7, 11) is 0. The SMILES string of the molecule is ON=C1CCCCC1CC1CCCO1. The highest BCUT2D eigenvalue weighted by molar-refractivity contribution is 5.86. The van der Waals surface area contributed by atoms with E-state index in [1.165, 1.54) is 32.1 Å². The maximum Gasteiger partial charge on any atom is 0.0602 e. The van der Waals surface area contributed by atoms with Crippen LogP contribution in [-0.4, -0.2) is 23.6 Å². The molecule has 1 N–H and O–H groups in total. The lowest BCUT2D eigenvalue weighted by atomic mass is 9.83. The van der Waals surface area contributed by atoms with Crippen LogP contribution in [0.2, 0.25) is 0 Å². The van der Waals surface area contributed by atoms with Gasteiger partial charge in [0.2, 0.25) is 0 Å². The number of hydrogen-bond acceptors (Lipinski definition) is 3. The van der Waals surface area contributed by atoms with Crippen molar-refractivity contribution in [1.29, 1.82) is 0 Å². The number of rotatable bonds is 2. The Morgan fingerprint density at radius 1 is 1.29 bits per heavy atom. The highest BCUT2D eigenvalue weighted by Gasteiger charge is 2.26. The second-order valence-corrected chi connectivity index (χ2v) is 4.40. The van der Waals surface area contributed by atoms with E-state index in [1.54, 1.807) is 0 Å². The second-order valence-electron chi connectivity index (χ2n) is 4.40. The Bertz CT molecular complexity index is 209. The van der Waals surface area contributed by atoms with Gasteiger partial charge in [-0.3, -0.25) is 0 Å². The van der Waals surface area contributed by atoms with E-state index < -0.39 is 0 Å². The first kappa shape index (κ1) is 9.97. The maximum atomic E-state index is 8.88. The smallest absolute Gasteiger partial charge is 0.0602 e. The molecule has 2 unspecified atom stereocenters. The van der Waals surface area contributed by atoms with Gasteiger partial charge in [0.05, 0.1) is 11.8 Å². The first-order valence-electron chi connectivity index (χ1n) is 5.72. The molecule has 3 heteroatoms. The summed E-state index contributed by atoms with van der Waals surface area (Å²) in [5, 5.41) is 12.3. The average Bonchev–Trinajstić information content (AvgIpc) is 2.71. The molecule has 3 nitrogen and oxygen atoms in total. The lowest BCUT2D eigenvalue weighted by Gasteiger charge is -2.25. The van der Waals surface area contributed by atoms with Gasteiger partial charge in [-0.2, -0.15) is 0 Å². The fourth-order valence-electron chi connectivity index (χ4n) is 2.60. The Labute approximate surface area is 85.1 Å². The van der Waals surface area contributed by atoms with Crippen molar-refractivity contribution in [3.63, 3.8) is 0 Å². The van der Waals surface area contributed by atoms with E-state index in [0.29, 0.717) is 12.0 Å². The molecule has 1 saturated carbocycles. The second kappa shape index (κ2) is 4.78. The highest BCUT2D eigenvalue weighted by atomic mass is 16.5. The van der Waals surface area contributed by atoms with E-state index in [4.69, 9.17) is 9.94 Å². The van der Waals surface area contributed by atoms with E-state index in [0.717, 1.165) is 25.2 Å². The minimum atomic E-state index is 0.426. The zero-order chi connectivity index (χ0) is 9.80. The third-order valence-electron chi connectivity index (χ3n) is 3.41. The first-order valence-corrected chi connectivity index (χ1v) is 5.72. The lowest BCUT2D eigenvalue weighted by molar-refractivity contribution is 0.0942. The van der Waals surface area contributed by atoms with E-state index in [9.17, 15) is 0 Å². The minimum absolute atomic E-state index is 0.426. The van der Waals surface area contributed by atoms with Crippen molar-refractivity contribution in [2.75, 3.05) is 6.61 Å². The van der Waals surface area contributed by atoms with Crippen molar-refractivity contribution in [1.82, 2.24) is 0 Å². The predicted octanol–water partition coefficient (Wildman–Crippen LogP) is 2.58. The van der Waals surface area contributed by atoms with Gasteiger partial charge >= 0.3 is 0 Å². The van der Waals surface area contributed by atoms with Gasteiger partial charge < -0.3 is 9.94 Å². The maximum absolute atomic E-state index is 8.88.